The van der Waals surface area contributed by atoms with E-state index < -0.39 is 392 Å². The third-order valence-electron chi connectivity index (χ3n) is 21.2. The van der Waals surface area contributed by atoms with Crippen LogP contribution in [0.2, 0.25) is 0 Å². The van der Waals surface area contributed by atoms with Crippen LogP contribution in [-0.4, -0.2) is 295 Å². The first-order valence-corrected chi connectivity index (χ1v) is 37.9. The number of carbonyl (C=O) groups excluding carboxylic acids is 11. The average Bonchev–Trinajstić information content (AvgIpc) is 1.54. The smallest absolute Gasteiger partial charge is 0.342 e. The number of aliphatic hydroxyl groups is 3. The molecule has 14 rings (SSSR count). The Bertz CT molecular complexity index is 6550. The van der Waals surface area contributed by atoms with Gasteiger partial charge in [-0.05, 0) is 78.9 Å². The molecule has 0 aromatic heterocycles. The number of hydrogen-bond acceptors (Lipinski definition) is 53. The van der Waals surface area contributed by atoms with Gasteiger partial charge >= 0.3 is 59.7 Å². The zero-order valence-corrected chi connectivity index (χ0v) is 67.1. The van der Waals surface area contributed by atoms with Crippen molar-refractivity contribution in [3.8, 4) is 172 Å². The zero-order valence-electron chi connectivity index (χ0n) is 67.1. The quantitative estimate of drug-likeness (QED) is 0.0191. The highest BCUT2D eigenvalue weighted by Gasteiger charge is 2.67. The maximum atomic E-state index is 15.7. The Hall–Kier alpha value is -18.5. The molecule has 0 unspecified atom stereocenters. The Labute approximate surface area is 748 Å². The highest BCUT2D eigenvalue weighted by molar-refractivity contribution is 6.09. The number of benzene rings is 9. The molecule has 2 fully saturated rings. The number of ether oxygens (including phenoxy) is 14. The lowest BCUT2D eigenvalue weighted by Gasteiger charge is -2.44. The Morgan fingerprint density at radius 1 is 0.397 bits per heavy atom. The van der Waals surface area contributed by atoms with Gasteiger partial charge in [0.1, 0.15) is 31.0 Å². The summed E-state index contributed by atoms with van der Waals surface area (Å²) < 4.78 is 79.8. The van der Waals surface area contributed by atoms with Crippen molar-refractivity contribution < 1.29 is 262 Å². The maximum absolute atomic E-state index is 15.7. The number of phenols is 25. The molecule has 2 saturated heterocycles. The molecule has 5 heterocycles. The highest BCUT2D eigenvalue weighted by Crippen LogP contribution is 2.60. The van der Waals surface area contributed by atoms with Crippen molar-refractivity contribution in [1.29, 1.82) is 0 Å². The Morgan fingerprint density at radius 2 is 0.794 bits per heavy atom. The van der Waals surface area contributed by atoms with Crippen LogP contribution in [0.15, 0.2) is 97.6 Å². The zero-order chi connectivity index (χ0) is 99.4. The van der Waals surface area contributed by atoms with Gasteiger partial charge in [0.2, 0.25) is 59.3 Å². The predicted molar refractivity (Wildman–Crippen MR) is 419 cm³/mol. The van der Waals surface area contributed by atoms with E-state index in [4.69, 9.17) is 66.3 Å². The molecule has 712 valence electrons. The number of esters is 10. The average molecular weight is 1910 g/mol. The van der Waals surface area contributed by atoms with Gasteiger partial charge in [-0.1, -0.05) is 6.58 Å². The second-order valence-corrected chi connectivity index (χ2v) is 29.6. The topological polar surface area (TPSA) is 883 Å². The molecule has 9 aromatic rings. The Balaban J connectivity index is 0.913. The number of ketones is 1. The summed E-state index contributed by atoms with van der Waals surface area (Å²) in [5.41, 5.74) is -15.1. The summed E-state index contributed by atoms with van der Waals surface area (Å²) in [5, 5.41) is 307. The first kappa shape index (κ1) is 93.6. The van der Waals surface area contributed by atoms with Crippen molar-refractivity contribution in [3.05, 3.63) is 153 Å². The van der Waals surface area contributed by atoms with Crippen LogP contribution in [0, 0.1) is 0 Å². The van der Waals surface area contributed by atoms with Crippen molar-refractivity contribution in [2.75, 3.05) is 13.2 Å². The molecule has 136 heavy (non-hydrogen) atoms. The molecule has 53 nitrogen and oxygen atoms in total. The number of cyclic esters (lactones) is 1. The Morgan fingerprint density at radius 3 is 1.29 bits per heavy atom. The third kappa shape index (κ3) is 16.4. The fourth-order valence-electron chi connectivity index (χ4n) is 14.5. The van der Waals surface area contributed by atoms with E-state index in [0.717, 1.165) is 0 Å². The SMILES string of the molecule is C=CC(=O)C(O)(O)[C@]1(O)Oc2c(O)c(O)cc3c2[C@@H]1CC(=O)O[C@H]1[C@@H]2OC(=O)c4cc(O)c(O)c(O)c4-c4c(cc(Oc5c(C(=O)O[C@H]6[C@H](OC(=O)c7cc(O)c(O)c(O)c7)O[C@H](COC(=O)c7cc(O)c(O)c(O)c7)[C@@H](OC(=O)c7cc(O)c(O)c(O)c7)[C@@H]6OC(=O)c6cc(O)c(O)c(O)c6)cc(O)c(O)c5O)c(O)c4O)C(=O)OC[C@H]1O[C@@H](OC(=O)c1cc(O)c(O)c(O)c1)[C@@H]2OC3=O. The van der Waals surface area contributed by atoms with Gasteiger partial charge in [0.15, 0.2) is 157 Å². The molecule has 5 aliphatic rings. The second-order valence-electron chi connectivity index (χ2n) is 29.6. The van der Waals surface area contributed by atoms with Crippen LogP contribution in [0.4, 0.5) is 0 Å². The normalized spacial score (nSPS) is 21.1. The van der Waals surface area contributed by atoms with Crippen LogP contribution in [0.25, 0.3) is 11.1 Å². The van der Waals surface area contributed by atoms with Crippen molar-refractivity contribution >= 4 is 65.5 Å². The summed E-state index contributed by atoms with van der Waals surface area (Å²) in [7, 11) is 0. The molecule has 0 aliphatic carbocycles. The summed E-state index contributed by atoms with van der Waals surface area (Å²) in [4.78, 5) is 162. The summed E-state index contributed by atoms with van der Waals surface area (Å²) in [6.45, 7) is -0.165. The molecular formula is C83H62O53. The number of hydrogen-bond donors (Lipinski definition) is 28. The van der Waals surface area contributed by atoms with E-state index in [1.807, 2.05) is 0 Å². The fraction of sp³-hybridized carbons (Fsp3) is 0.193. The van der Waals surface area contributed by atoms with Crippen LogP contribution in [0.1, 0.15) is 111 Å². The second kappa shape index (κ2) is 34.7. The van der Waals surface area contributed by atoms with Gasteiger partial charge in [-0.25, -0.2) is 43.2 Å². The summed E-state index contributed by atoms with van der Waals surface area (Å²) in [6, 6.07) is 4.64. The van der Waals surface area contributed by atoms with Crippen LogP contribution in [0.3, 0.4) is 0 Å². The largest absolute Gasteiger partial charge is 0.504 e. The lowest BCUT2D eigenvalue weighted by atomic mass is 9.81. The van der Waals surface area contributed by atoms with Crippen LogP contribution < -0.4 is 9.47 Å². The van der Waals surface area contributed by atoms with Gasteiger partial charge in [-0.3, -0.25) is 9.59 Å². The van der Waals surface area contributed by atoms with E-state index in [0.29, 0.717) is 66.7 Å². The molecule has 53 heteroatoms. The van der Waals surface area contributed by atoms with Crippen LogP contribution in [-0.2, 0) is 66.4 Å². The molecule has 0 amide bonds. The molecule has 5 aliphatic heterocycles. The lowest BCUT2D eigenvalue weighted by molar-refractivity contribution is -0.324. The van der Waals surface area contributed by atoms with Gasteiger partial charge in [-0.2, -0.15) is 0 Å². The molecule has 0 spiro atoms. The summed E-state index contributed by atoms with van der Waals surface area (Å²) >= 11 is 0. The minimum absolute atomic E-state index is 0.0440. The van der Waals surface area contributed by atoms with Crippen LogP contribution >= 0.6 is 0 Å². The van der Waals surface area contributed by atoms with E-state index in [1.165, 1.54) is 0 Å². The van der Waals surface area contributed by atoms with E-state index in [1.54, 1.807) is 0 Å². The standard InChI is InChI=1S/C83H62O53/c1-2-46(97)82(120,121)83(122)29-17-47(98)128-64-44-19-124-76(116)27-16-43(59(107)61(109)50(27)49-26(14-40(94)56(104)60(49)108)78(118)131-67(64)69(132-77(117)25-13-42(96)58(106)66(136-83)48(25)29)80(126-44)134-74(114)23-9-36(90)54(102)37(91)10-23)125-63-28(15-41(95)57(105)62(63)110)79(119)133-70-68(130-73(113)22-7-34(88)53(101)35(89)8-22)65(129-72(112)21-5-32(86)52(100)33(87)6-21)45(18-123-71(111)20-3-30(84)51(99)31(85)4-20)127-81(70)135-75(115)24-11-38(92)55(103)39(93)12-24/h2-16,29,44-45,64-65,67-70,80-81,84-96,99-110,120-122H,1,17-19H2/t29-,44+,45+,64+,65+,67-,68-,69+,70+,80-,81-,83+/m0/s1. The van der Waals surface area contributed by atoms with Crippen LogP contribution in [0.5, 0.6) is 161 Å². The lowest BCUT2D eigenvalue weighted by Crippen LogP contribution is -2.64. The molecule has 0 saturated carbocycles. The van der Waals surface area contributed by atoms with E-state index in [-0.39, 0.29) is 24.3 Å². The van der Waals surface area contributed by atoms with Crippen molar-refractivity contribution in [3.63, 3.8) is 0 Å². The number of phenolic OH excluding ortho intramolecular Hbond substituents is 25. The van der Waals surface area contributed by atoms with E-state index in [9.17, 15) is 177 Å². The maximum Gasteiger partial charge on any atom is 0.342 e. The van der Waals surface area contributed by atoms with Gasteiger partial charge < -0.3 is 209 Å². The Kier molecular flexibility index (Phi) is 23.9. The number of aromatic hydroxyl groups is 25. The molecule has 9 aromatic carbocycles. The minimum atomic E-state index is -4.33. The van der Waals surface area contributed by atoms with Gasteiger partial charge in [0.25, 0.3) is 11.6 Å². The van der Waals surface area contributed by atoms with E-state index >= 15 is 19.2 Å². The van der Waals surface area contributed by atoms with Gasteiger partial charge in [0, 0.05) is 28.8 Å². The molecule has 4 bridgehead atoms. The van der Waals surface area contributed by atoms with E-state index in [2.05, 4.69) is 6.58 Å². The fourth-order valence-corrected chi connectivity index (χ4v) is 14.5. The first-order valence-electron chi connectivity index (χ1n) is 37.9. The molecule has 0 radical (unpaired) electrons. The summed E-state index contributed by atoms with van der Waals surface area (Å²) in [6.07, 6.45) is -30.1. The predicted octanol–water partition coefficient (Wildman–Crippen LogP) is 1.62. The van der Waals surface area contributed by atoms with Crippen molar-refractivity contribution in [2.24, 2.45) is 0 Å². The number of fused-ring (bicyclic) bond motifs is 3. The number of rotatable bonds is 18. The monoisotopic (exact) mass is 1910 g/mol. The van der Waals surface area contributed by atoms with Gasteiger partial charge in [0.05, 0.1) is 56.8 Å². The highest BCUT2D eigenvalue weighted by atomic mass is 16.8. The summed E-state index contributed by atoms with van der Waals surface area (Å²) in [5.74, 6) is -74.3. The van der Waals surface area contributed by atoms with Crippen molar-refractivity contribution in [2.45, 2.75) is 85.3 Å². The van der Waals surface area contributed by atoms with Crippen molar-refractivity contribution in [1.82, 2.24) is 0 Å². The third-order valence-corrected chi connectivity index (χ3v) is 21.2. The minimum Gasteiger partial charge on any atom is -0.504 e. The van der Waals surface area contributed by atoms with Gasteiger partial charge in [-0.15, -0.1) is 0 Å². The molecule has 12 atom stereocenters. The first-order chi connectivity index (χ1) is 63.9. The number of carbonyl (C=O) groups is 11. The molecular weight excluding hydrogens is 1840 g/mol. The molecule has 28 N–H and O–H groups in total.